The number of carboxylic acid groups (broad SMARTS) is 1. The first-order chi connectivity index (χ1) is 17.7. The molecule has 9 nitrogen and oxygen atoms in total. The lowest BCUT2D eigenvalue weighted by Gasteiger charge is -2.29. The minimum Gasteiger partial charge on any atom is -0.480 e. The summed E-state index contributed by atoms with van der Waals surface area (Å²) < 4.78 is 33.7. The summed E-state index contributed by atoms with van der Waals surface area (Å²) in [5.74, 6) is -1.40. The molecule has 0 fully saturated rings. The number of benzene rings is 3. The zero-order valence-electron chi connectivity index (χ0n) is 20.1. The number of fused-ring (bicyclic) bond motifs is 1. The molecule has 1 heterocycles. The molecule has 192 valence electrons. The number of aliphatic carboxylic acids is 1. The molecule has 10 heteroatoms. The van der Waals surface area contributed by atoms with Crippen LogP contribution in [0.2, 0.25) is 0 Å². The van der Waals surface area contributed by atoms with E-state index in [4.69, 9.17) is 4.74 Å². The van der Waals surface area contributed by atoms with E-state index >= 15 is 0 Å². The largest absolute Gasteiger partial charge is 0.480 e. The van der Waals surface area contributed by atoms with E-state index in [0.717, 1.165) is 9.21 Å². The minimum absolute atomic E-state index is 0.0519. The Morgan fingerprint density at radius 3 is 1.97 bits per heavy atom. The molecule has 1 aliphatic rings. The molecule has 0 radical (unpaired) electrons. The van der Waals surface area contributed by atoms with E-state index in [-0.39, 0.29) is 35.5 Å². The second kappa shape index (κ2) is 10.9. The fourth-order valence-electron chi connectivity index (χ4n) is 4.19. The maximum atomic E-state index is 13.5. The van der Waals surface area contributed by atoms with Gasteiger partial charge in [0, 0.05) is 13.1 Å². The van der Waals surface area contributed by atoms with Crippen molar-refractivity contribution >= 4 is 27.8 Å². The van der Waals surface area contributed by atoms with Crippen molar-refractivity contribution in [3.05, 3.63) is 90.0 Å². The minimum atomic E-state index is -4.21. The Morgan fingerprint density at radius 1 is 0.892 bits per heavy atom. The summed E-state index contributed by atoms with van der Waals surface area (Å²) in [6.07, 6.45) is 0.112. The maximum Gasteiger partial charge on any atom is 0.322 e. The van der Waals surface area contributed by atoms with Gasteiger partial charge in [0.2, 0.25) is 10.0 Å². The quantitative estimate of drug-likeness (QED) is 0.378. The number of ether oxygens (including phenoxy) is 1. The molecule has 0 spiro atoms. The Bertz CT molecular complexity index is 1370. The van der Waals surface area contributed by atoms with Gasteiger partial charge in [0.05, 0.1) is 16.0 Å². The number of para-hydroxylation sites is 1. The Hall–Kier alpha value is -4.02. The second-order valence-electron chi connectivity index (χ2n) is 8.45. The third-order valence-corrected chi connectivity index (χ3v) is 7.91. The van der Waals surface area contributed by atoms with Crippen molar-refractivity contribution in [2.45, 2.75) is 30.7 Å². The number of nitrogens with zero attached hydrogens (tertiary/aromatic N) is 2. The van der Waals surface area contributed by atoms with Crippen molar-refractivity contribution < 1.29 is 32.6 Å². The van der Waals surface area contributed by atoms with Crippen molar-refractivity contribution in [1.29, 1.82) is 0 Å². The lowest BCUT2D eigenvalue weighted by atomic mass is 10.1. The summed E-state index contributed by atoms with van der Waals surface area (Å²) in [7, 11) is -4.21. The lowest BCUT2D eigenvalue weighted by molar-refractivity contribution is -0.141. The van der Waals surface area contributed by atoms with Gasteiger partial charge in [0.25, 0.3) is 11.8 Å². The molecule has 0 aromatic heterocycles. The van der Waals surface area contributed by atoms with Gasteiger partial charge in [-0.2, -0.15) is 4.31 Å². The van der Waals surface area contributed by atoms with E-state index in [9.17, 15) is 27.9 Å². The number of carbonyl (C=O) groups is 3. The van der Waals surface area contributed by atoms with Crippen molar-refractivity contribution in [3.8, 4) is 11.5 Å². The molecular formula is C27H26N2O7S. The number of carbonyl (C=O) groups excluding carboxylic acids is 2. The number of hydrogen-bond donors (Lipinski definition) is 1. The van der Waals surface area contributed by atoms with Crippen LogP contribution in [0.25, 0.3) is 0 Å². The number of amides is 2. The Kier molecular flexibility index (Phi) is 7.70. The monoisotopic (exact) mass is 522 g/mol. The molecule has 1 N–H and O–H groups in total. The highest BCUT2D eigenvalue weighted by Crippen LogP contribution is 2.27. The van der Waals surface area contributed by atoms with Gasteiger partial charge in [-0.15, -0.1) is 0 Å². The summed E-state index contributed by atoms with van der Waals surface area (Å²) in [6.45, 7) is 1.45. The average Bonchev–Trinajstić information content (AvgIpc) is 3.14. The summed E-state index contributed by atoms with van der Waals surface area (Å²) in [6, 6.07) is 19.6. The Balaban J connectivity index is 1.54. The molecule has 1 atom stereocenters. The molecule has 37 heavy (non-hydrogen) atoms. The van der Waals surface area contributed by atoms with Crippen molar-refractivity contribution in [3.63, 3.8) is 0 Å². The summed E-state index contributed by atoms with van der Waals surface area (Å²) in [5.41, 5.74) is 0.491. The van der Waals surface area contributed by atoms with E-state index in [1.54, 1.807) is 31.2 Å². The molecule has 2 amide bonds. The topological polar surface area (TPSA) is 121 Å². The van der Waals surface area contributed by atoms with E-state index < -0.39 is 33.8 Å². The van der Waals surface area contributed by atoms with E-state index in [2.05, 4.69) is 0 Å². The van der Waals surface area contributed by atoms with Gasteiger partial charge in [-0.1, -0.05) is 37.3 Å². The van der Waals surface area contributed by atoms with Crippen LogP contribution in [0.1, 0.15) is 40.5 Å². The number of carboxylic acids is 1. The molecule has 0 unspecified atom stereocenters. The van der Waals surface area contributed by atoms with Crippen LogP contribution in [-0.4, -0.2) is 59.6 Å². The summed E-state index contributed by atoms with van der Waals surface area (Å²) >= 11 is 0. The highest BCUT2D eigenvalue weighted by molar-refractivity contribution is 7.89. The third kappa shape index (κ3) is 5.40. The van der Waals surface area contributed by atoms with Gasteiger partial charge < -0.3 is 9.84 Å². The summed E-state index contributed by atoms with van der Waals surface area (Å²) in [4.78, 5) is 38.5. The van der Waals surface area contributed by atoms with Crippen LogP contribution in [0.4, 0.5) is 0 Å². The predicted octanol–water partition coefficient (Wildman–Crippen LogP) is 4.02. The average molecular weight is 523 g/mol. The van der Waals surface area contributed by atoms with Crippen LogP contribution in [-0.2, 0) is 14.8 Å². The molecule has 0 saturated carbocycles. The number of hydrogen-bond acceptors (Lipinski definition) is 6. The van der Waals surface area contributed by atoms with Crippen LogP contribution < -0.4 is 4.74 Å². The van der Waals surface area contributed by atoms with Crippen LogP contribution in [0.3, 0.4) is 0 Å². The Labute approximate surface area is 214 Å². The van der Waals surface area contributed by atoms with Gasteiger partial charge in [-0.05, 0) is 61.4 Å². The van der Waals surface area contributed by atoms with Gasteiger partial charge in [0.15, 0.2) is 0 Å². The number of rotatable bonds is 11. The van der Waals surface area contributed by atoms with Crippen molar-refractivity contribution in [1.82, 2.24) is 9.21 Å². The number of imide groups is 1. The SMILES string of the molecule is CCCN([C@@H](CCN1C(=O)c2ccccc2C1=O)C(=O)O)S(=O)(=O)c1ccc(Oc2ccccc2)cc1. The van der Waals surface area contributed by atoms with E-state index in [0.29, 0.717) is 17.9 Å². The van der Waals surface area contributed by atoms with Gasteiger partial charge in [-0.3, -0.25) is 19.3 Å². The third-order valence-electron chi connectivity index (χ3n) is 5.99. The highest BCUT2D eigenvalue weighted by Gasteiger charge is 2.39. The predicted molar refractivity (Wildman–Crippen MR) is 135 cm³/mol. The fraction of sp³-hybridized carbons (Fsp3) is 0.222. The van der Waals surface area contributed by atoms with Gasteiger partial charge in [0.1, 0.15) is 17.5 Å². The van der Waals surface area contributed by atoms with Crippen LogP contribution >= 0.6 is 0 Å². The highest BCUT2D eigenvalue weighted by atomic mass is 32.2. The standard InChI is InChI=1S/C27H26N2O7S/c1-2-17-29(37(34,35)21-14-12-20(13-15-21)36-19-8-4-3-5-9-19)24(27(32)33)16-18-28-25(30)22-10-6-7-11-23(22)26(28)31/h3-15,24H,2,16-18H2,1H3,(H,32,33)/t24-/m0/s1. The summed E-state index contributed by atoms with van der Waals surface area (Å²) in [5, 5.41) is 9.95. The second-order valence-corrected chi connectivity index (χ2v) is 10.3. The van der Waals surface area contributed by atoms with Gasteiger partial charge >= 0.3 is 5.97 Å². The van der Waals surface area contributed by atoms with Crippen LogP contribution in [0, 0.1) is 0 Å². The van der Waals surface area contributed by atoms with Crippen LogP contribution in [0.5, 0.6) is 11.5 Å². The molecule has 0 aliphatic carbocycles. The van der Waals surface area contributed by atoms with Gasteiger partial charge in [-0.25, -0.2) is 8.42 Å². The first-order valence-corrected chi connectivity index (χ1v) is 13.2. The first-order valence-electron chi connectivity index (χ1n) is 11.8. The molecule has 4 rings (SSSR count). The zero-order chi connectivity index (χ0) is 26.6. The molecule has 1 aliphatic heterocycles. The van der Waals surface area contributed by atoms with E-state index in [1.807, 2.05) is 18.2 Å². The zero-order valence-corrected chi connectivity index (χ0v) is 20.9. The van der Waals surface area contributed by atoms with Crippen molar-refractivity contribution in [2.75, 3.05) is 13.1 Å². The van der Waals surface area contributed by atoms with Crippen LogP contribution in [0.15, 0.2) is 83.8 Å². The van der Waals surface area contributed by atoms with Crippen molar-refractivity contribution in [2.24, 2.45) is 0 Å². The normalized spacial score (nSPS) is 14.1. The molecule has 0 bridgehead atoms. The Morgan fingerprint density at radius 2 is 1.43 bits per heavy atom. The molecule has 3 aromatic carbocycles. The lowest BCUT2D eigenvalue weighted by Crippen LogP contribution is -2.47. The smallest absolute Gasteiger partial charge is 0.322 e. The first kappa shape index (κ1) is 26.1. The number of sulfonamides is 1. The molecular weight excluding hydrogens is 496 g/mol. The fourth-order valence-corrected chi connectivity index (χ4v) is 5.89. The molecule has 0 saturated heterocycles. The maximum absolute atomic E-state index is 13.5. The van der Waals surface area contributed by atoms with E-state index in [1.165, 1.54) is 36.4 Å². The molecule has 3 aromatic rings.